The molecule has 1 heterocycles. The van der Waals surface area contributed by atoms with Crippen LogP contribution >= 0.6 is 11.3 Å². The molecular formula is C20H22N2O3S. The number of aromatic nitrogens is 1. The molecule has 136 valence electrons. The molecule has 0 aliphatic heterocycles. The molecule has 2 aromatic carbocycles. The second-order valence-electron chi connectivity index (χ2n) is 6.00. The molecule has 0 fully saturated rings. The number of hydrogen-bond acceptors (Lipinski definition) is 5. The Morgan fingerprint density at radius 3 is 2.69 bits per heavy atom. The number of hydrogen-bond donors (Lipinski definition) is 0. The van der Waals surface area contributed by atoms with Crippen LogP contribution in [0.4, 0.5) is 0 Å². The minimum atomic E-state index is 0.0853. The number of methoxy groups -OCH3 is 2. The summed E-state index contributed by atoms with van der Waals surface area (Å²) >= 11 is 1.65. The third-order valence-corrected chi connectivity index (χ3v) is 5.31. The number of fused-ring (bicyclic) bond motifs is 1. The van der Waals surface area contributed by atoms with Gasteiger partial charge in [-0.1, -0.05) is 12.1 Å². The van der Waals surface area contributed by atoms with Gasteiger partial charge in [-0.3, -0.25) is 4.79 Å². The predicted octanol–water partition coefficient (Wildman–Crippen LogP) is 3.90. The van der Waals surface area contributed by atoms with Crippen molar-refractivity contribution in [1.82, 2.24) is 9.88 Å². The standard InChI is InChI=1S/C20H22N2O3S/c1-22(13-14-8-9-15(24-2)12-17(14)25-3)20(23)11-10-19-21-16-6-4-5-7-18(16)26-19/h4-9,12H,10-11,13H2,1-3H3. The lowest BCUT2D eigenvalue weighted by molar-refractivity contribution is -0.130. The Morgan fingerprint density at radius 2 is 1.96 bits per heavy atom. The normalized spacial score (nSPS) is 10.7. The average Bonchev–Trinajstić information content (AvgIpc) is 3.09. The van der Waals surface area contributed by atoms with Gasteiger partial charge in [0.15, 0.2) is 0 Å². The van der Waals surface area contributed by atoms with E-state index in [1.165, 1.54) is 0 Å². The maximum absolute atomic E-state index is 12.5. The minimum Gasteiger partial charge on any atom is -0.497 e. The quantitative estimate of drug-likeness (QED) is 0.633. The summed E-state index contributed by atoms with van der Waals surface area (Å²) in [6.45, 7) is 0.492. The van der Waals surface area contributed by atoms with Crippen molar-refractivity contribution in [3.8, 4) is 11.5 Å². The number of rotatable bonds is 7. The van der Waals surface area contributed by atoms with E-state index in [0.717, 1.165) is 32.3 Å². The molecule has 3 rings (SSSR count). The topological polar surface area (TPSA) is 51.7 Å². The Morgan fingerprint density at radius 1 is 1.15 bits per heavy atom. The number of aryl methyl sites for hydroxylation is 1. The van der Waals surface area contributed by atoms with E-state index in [1.807, 2.05) is 43.4 Å². The second-order valence-corrected chi connectivity index (χ2v) is 7.12. The number of ether oxygens (including phenoxy) is 2. The van der Waals surface area contributed by atoms with Crippen LogP contribution in [0.5, 0.6) is 11.5 Å². The summed E-state index contributed by atoms with van der Waals surface area (Å²) in [5.41, 5.74) is 1.94. The van der Waals surface area contributed by atoms with Gasteiger partial charge in [0.05, 0.1) is 29.4 Å². The first-order valence-corrected chi connectivity index (χ1v) is 9.21. The molecule has 0 spiro atoms. The van der Waals surface area contributed by atoms with Crippen molar-refractivity contribution in [2.24, 2.45) is 0 Å². The molecule has 26 heavy (non-hydrogen) atoms. The van der Waals surface area contributed by atoms with E-state index in [4.69, 9.17) is 9.47 Å². The zero-order chi connectivity index (χ0) is 18.5. The smallest absolute Gasteiger partial charge is 0.223 e. The molecule has 5 nitrogen and oxygen atoms in total. The Balaban J connectivity index is 1.61. The maximum Gasteiger partial charge on any atom is 0.223 e. The molecule has 0 unspecified atom stereocenters. The highest BCUT2D eigenvalue weighted by Gasteiger charge is 2.14. The molecule has 1 aromatic heterocycles. The van der Waals surface area contributed by atoms with Crippen LogP contribution in [-0.2, 0) is 17.8 Å². The Kier molecular flexibility index (Phi) is 5.73. The summed E-state index contributed by atoms with van der Waals surface area (Å²) in [6, 6.07) is 13.7. The van der Waals surface area contributed by atoms with Gasteiger partial charge >= 0.3 is 0 Å². The fourth-order valence-electron chi connectivity index (χ4n) is 2.76. The molecule has 1 amide bonds. The number of para-hydroxylation sites is 1. The summed E-state index contributed by atoms with van der Waals surface area (Å²) in [5.74, 6) is 1.53. The van der Waals surface area contributed by atoms with Crippen LogP contribution in [0.3, 0.4) is 0 Å². The van der Waals surface area contributed by atoms with Gasteiger partial charge < -0.3 is 14.4 Å². The van der Waals surface area contributed by atoms with Crippen LogP contribution in [0.15, 0.2) is 42.5 Å². The third-order valence-electron chi connectivity index (χ3n) is 4.22. The van der Waals surface area contributed by atoms with Gasteiger partial charge in [-0.25, -0.2) is 4.98 Å². The van der Waals surface area contributed by atoms with Crippen molar-refractivity contribution in [3.63, 3.8) is 0 Å². The van der Waals surface area contributed by atoms with Crippen LogP contribution in [0.1, 0.15) is 17.0 Å². The van der Waals surface area contributed by atoms with Crippen molar-refractivity contribution in [3.05, 3.63) is 53.0 Å². The van der Waals surface area contributed by atoms with E-state index in [2.05, 4.69) is 11.1 Å². The molecule has 0 saturated carbocycles. The van der Waals surface area contributed by atoms with Gasteiger partial charge in [0, 0.05) is 38.1 Å². The lowest BCUT2D eigenvalue weighted by atomic mass is 10.1. The Bertz CT molecular complexity index is 874. The van der Waals surface area contributed by atoms with Crippen molar-refractivity contribution in [2.75, 3.05) is 21.3 Å². The maximum atomic E-state index is 12.5. The highest BCUT2D eigenvalue weighted by molar-refractivity contribution is 7.18. The SMILES string of the molecule is COc1ccc(CN(C)C(=O)CCc2nc3ccccc3s2)c(OC)c1. The summed E-state index contributed by atoms with van der Waals surface area (Å²) < 4.78 is 11.8. The lowest BCUT2D eigenvalue weighted by Gasteiger charge is -2.19. The van der Waals surface area contributed by atoms with Gasteiger partial charge in [0.1, 0.15) is 11.5 Å². The molecular weight excluding hydrogens is 348 g/mol. The Labute approximate surface area is 157 Å². The molecule has 0 bridgehead atoms. The van der Waals surface area contributed by atoms with Crippen molar-refractivity contribution in [2.45, 2.75) is 19.4 Å². The average molecular weight is 370 g/mol. The second kappa shape index (κ2) is 8.19. The van der Waals surface area contributed by atoms with E-state index >= 15 is 0 Å². The molecule has 0 radical (unpaired) electrons. The first-order chi connectivity index (χ1) is 12.6. The number of thiazole rings is 1. The van der Waals surface area contributed by atoms with Crippen LogP contribution in [0.25, 0.3) is 10.2 Å². The van der Waals surface area contributed by atoms with E-state index in [9.17, 15) is 4.79 Å². The summed E-state index contributed by atoms with van der Waals surface area (Å²) in [5, 5.41) is 0.995. The van der Waals surface area contributed by atoms with Gasteiger partial charge in [-0.2, -0.15) is 0 Å². The first kappa shape index (κ1) is 18.2. The summed E-state index contributed by atoms with van der Waals surface area (Å²) in [7, 11) is 5.05. The number of nitrogens with zero attached hydrogens (tertiary/aromatic N) is 2. The molecule has 6 heteroatoms. The highest BCUT2D eigenvalue weighted by Crippen LogP contribution is 2.26. The van der Waals surface area contributed by atoms with Gasteiger partial charge in [0.25, 0.3) is 0 Å². The van der Waals surface area contributed by atoms with Crippen molar-refractivity contribution in [1.29, 1.82) is 0 Å². The predicted molar refractivity (Wildman–Crippen MR) is 104 cm³/mol. The van der Waals surface area contributed by atoms with E-state index in [1.54, 1.807) is 30.5 Å². The number of carbonyl (C=O) groups is 1. The molecule has 0 saturated heterocycles. The molecule has 0 atom stereocenters. The monoisotopic (exact) mass is 370 g/mol. The minimum absolute atomic E-state index is 0.0853. The molecule has 0 aliphatic carbocycles. The number of benzene rings is 2. The van der Waals surface area contributed by atoms with Crippen LogP contribution in [-0.4, -0.2) is 37.1 Å². The van der Waals surface area contributed by atoms with Crippen LogP contribution in [0.2, 0.25) is 0 Å². The zero-order valence-corrected chi connectivity index (χ0v) is 16.0. The zero-order valence-electron chi connectivity index (χ0n) is 15.2. The third kappa shape index (κ3) is 4.14. The largest absolute Gasteiger partial charge is 0.497 e. The van der Waals surface area contributed by atoms with E-state index in [0.29, 0.717) is 19.4 Å². The summed E-state index contributed by atoms with van der Waals surface area (Å²) in [6.07, 6.45) is 1.09. The molecule has 3 aromatic rings. The van der Waals surface area contributed by atoms with Gasteiger partial charge in [-0.15, -0.1) is 11.3 Å². The van der Waals surface area contributed by atoms with E-state index < -0.39 is 0 Å². The van der Waals surface area contributed by atoms with Crippen molar-refractivity contribution >= 4 is 27.5 Å². The van der Waals surface area contributed by atoms with Crippen molar-refractivity contribution < 1.29 is 14.3 Å². The van der Waals surface area contributed by atoms with Crippen LogP contribution in [0, 0.1) is 0 Å². The van der Waals surface area contributed by atoms with Gasteiger partial charge in [0.2, 0.25) is 5.91 Å². The number of carbonyl (C=O) groups excluding carboxylic acids is 1. The first-order valence-electron chi connectivity index (χ1n) is 8.40. The lowest BCUT2D eigenvalue weighted by Crippen LogP contribution is -2.26. The fourth-order valence-corrected chi connectivity index (χ4v) is 3.72. The van der Waals surface area contributed by atoms with E-state index in [-0.39, 0.29) is 5.91 Å². The number of amides is 1. The van der Waals surface area contributed by atoms with Crippen LogP contribution < -0.4 is 9.47 Å². The molecule has 0 N–H and O–H groups in total. The highest BCUT2D eigenvalue weighted by atomic mass is 32.1. The fraction of sp³-hybridized carbons (Fsp3) is 0.300. The Hall–Kier alpha value is -2.60. The summed E-state index contributed by atoms with van der Waals surface area (Å²) in [4.78, 5) is 18.8. The molecule has 0 aliphatic rings. The van der Waals surface area contributed by atoms with Gasteiger partial charge in [-0.05, 0) is 24.3 Å².